The Hall–Kier alpha value is 1.24. The number of quaternary nitrogens is 1. The van der Waals surface area contributed by atoms with Crippen LogP contribution in [-0.4, -0.2) is 31.0 Å². The maximum absolute atomic E-state index is 3.25. The zero-order chi connectivity index (χ0) is 2.00. The number of halogens is 1. The largest absolute Gasteiger partial charge is 1.00 e. The average Bonchev–Trinajstić information content (AvgIpc) is 1.00. The fourth-order valence-electron chi connectivity index (χ4n) is 0. The van der Waals surface area contributed by atoms with E-state index in [2.05, 4.69) is 5.73 Å². The molecule has 3 N–H and O–H groups in total. The van der Waals surface area contributed by atoms with Gasteiger partial charge in [0, 0.05) is 23.9 Å². The molecular formula is CH6BrNSn. The van der Waals surface area contributed by atoms with E-state index in [9.17, 15) is 0 Å². The molecule has 0 spiro atoms. The van der Waals surface area contributed by atoms with Crippen LogP contribution in [0.1, 0.15) is 0 Å². The second-order valence-electron chi connectivity index (χ2n) is 0. The van der Waals surface area contributed by atoms with E-state index in [1.165, 1.54) is 0 Å². The Kier molecular flexibility index (Phi) is 136. The van der Waals surface area contributed by atoms with Crippen LogP contribution in [0.15, 0.2) is 0 Å². The summed E-state index contributed by atoms with van der Waals surface area (Å²) in [5.74, 6) is 0. The predicted octanol–water partition coefficient (Wildman–Crippen LogP) is -4.52. The molecular weight excluding hydrogens is 225 g/mol. The fraction of sp³-hybridized carbons (Fsp3) is 1.00. The third-order valence-corrected chi connectivity index (χ3v) is 0. The van der Waals surface area contributed by atoms with Gasteiger partial charge in [-0.2, -0.15) is 0 Å². The summed E-state index contributed by atoms with van der Waals surface area (Å²) in [5.41, 5.74) is 3.25. The summed E-state index contributed by atoms with van der Waals surface area (Å²) in [4.78, 5) is 0. The van der Waals surface area contributed by atoms with E-state index >= 15 is 0 Å². The van der Waals surface area contributed by atoms with E-state index in [0.717, 1.165) is 0 Å². The summed E-state index contributed by atoms with van der Waals surface area (Å²) in [6, 6.07) is 0. The van der Waals surface area contributed by atoms with Gasteiger partial charge in [-0.05, 0) is 0 Å². The third-order valence-electron chi connectivity index (χ3n) is 0. The van der Waals surface area contributed by atoms with Crippen LogP contribution < -0.4 is 22.7 Å². The minimum Gasteiger partial charge on any atom is -1.00 e. The van der Waals surface area contributed by atoms with E-state index in [4.69, 9.17) is 0 Å². The van der Waals surface area contributed by atoms with Crippen LogP contribution in [0.3, 0.4) is 0 Å². The first-order chi connectivity index (χ1) is 1.00. The average molecular weight is 231 g/mol. The Balaban J connectivity index is -0.00000000500. The SMILES string of the molecule is C[NH3+].[Br-].[Sn]. The summed E-state index contributed by atoms with van der Waals surface area (Å²) in [5, 5.41) is 0. The Morgan fingerprint density at radius 1 is 1.25 bits per heavy atom. The van der Waals surface area contributed by atoms with Gasteiger partial charge in [0.25, 0.3) is 0 Å². The molecule has 0 rings (SSSR count). The topological polar surface area (TPSA) is 27.6 Å². The van der Waals surface area contributed by atoms with Gasteiger partial charge in [-0.15, -0.1) is 0 Å². The molecule has 0 aliphatic heterocycles. The van der Waals surface area contributed by atoms with Crippen LogP contribution in [0.2, 0.25) is 0 Å². The van der Waals surface area contributed by atoms with Crippen molar-refractivity contribution < 1.29 is 22.7 Å². The van der Waals surface area contributed by atoms with E-state index in [1.54, 1.807) is 7.05 Å². The van der Waals surface area contributed by atoms with Crippen LogP contribution in [-0.2, 0) is 0 Å². The first-order valence-electron chi connectivity index (χ1n) is 0.707. The Morgan fingerprint density at radius 2 is 1.25 bits per heavy atom. The fourth-order valence-corrected chi connectivity index (χ4v) is 0. The molecule has 0 aromatic rings. The normalized spacial score (nSPS) is 1.50. The standard InChI is InChI=1S/CH5N.BrH.Sn/c1-2;;/h2H2,1H3;1H;. The molecule has 0 aliphatic rings. The van der Waals surface area contributed by atoms with Crippen LogP contribution >= 0.6 is 0 Å². The first-order valence-corrected chi connectivity index (χ1v) is 0.707. The van der Waals surface area contributed by atoms with E-state index in [-0.39, 0.29) is 40.9 Å². The molecule has 4 radical (unpaired) electrons. The van der Waals surface area contributed by atoms with E-state index in [0.29, 0.717) is 0 Å². The molecule has 0 aromatic carbocycles. The number of hydrogen-bond acceptors (Lipinski definition) is 0. The van der Waals surface area contributed by atoms with Gasteiger partial charge in [-0.25, -0.2) is 0 Å². The molecule has 0 bridgehead atoms. The summed E-state index contributed by atoms with van der Waals surface area (Å²) >= 11 is 0. The van der Waals surface area contributed by atoms with Crippen molar-refractivity contribution in [3.05, 3.63) is 0 Å². The maximum atomic E-state index is 3.25. The molecule has 0 fully saturated rings. The van der Waals surface area contributed by atoms with Gasteiger partial charge < -0.3 is 22.7 Å². The number of rotatable bonds is 0. The van der Waals surface area contributed by atoms with Crippen molar-refractivity contribution in [2.24, 2.45) is 0 Å². The van der Waals surface area contributed by atoms with Crippen molar-refractivity contribution in [1.82, 2.24) is 0 Å². The maximum Gasteiger partial charge on any atom is 0.0634 e. The molecule has 1 nitrogen and oxygen atoms in total. The Bertz CT molecular complexity index is 8.00. The minimum absolute atomic E-state index is 0. The molecule has 0 atom stereocenters. The van der Waals surface area contributed by atoms with Crippen LogP contribution in [0.4, 0.5) is 0 Å². The van der Waals surface area contributed by atoms with Crippen LogP contribution in [0, 0.1) is 0 Å². The second kappa shape index (κ2) is 29.0. The second-order valence-corrected chi connectivity index (χ2v) is 0. The molecule has 3 heteroatoms. The first kappa shape index (κ1) is 18.8. The van der Waals surface area contributed by atoms with Crippen molar-refractivity contribution in [3.63, 3.8) is 0 Å². The van der Waals surface area contributed by atoms with Gasteiger partial charge in [0.05, 0.1) is 7.05 Å². The van der Waals surface area contributed by atoms with Crippen molar-refractivity contribution in [3.8, 4) is 0 Å². The van der Waals surface area contributed by atoms with Crippen molar-refractivity contribution in [2.45, 2.75) is 0 Å². The zero-order valence-corrected chi connectivity index (χ0v) is 7.03. The van der Waals surface area contributed by atoms with Crippen molar-refractivity contribution in [1.29, 1.82) is 0 Å². The summed E-state index contributed by atoms with van der Waals surface area (Å²) in [6.45, 7) is 0. The van der Waals surface area contributed by atoms with E-state index in [1.807, 2.05) is 0 Å². The third kappa shape index (κ3) is 10.6. The molecule has 0 amide bonds. The zero-order valence-electron chi connectivity index (χ0n) is 2.59. The van der Waals surface area contributed by atoms with Gasteiger partial charge in [-0.3, -0.25) is 0 Å². The molecule has 0 saturated carbocycles. The van der Waals surface area contributed by atoms with Gasteiger partial charge in [0.1, 0.15) is 0 Å². The van der Waals surface area contributed by atoms with Crippen LogP contribution in [0.25, 0.3) is 0 Å². The van der Waals surface area contributed by atoms with Gasteiger partial charge >= 0.3 is 0 Å². The molecule has 0 aromatic heterocycles. The summed E-state index contributed by atoms with van der Waals surface area (Å²) < 4.78 is 0. The van der Waals surface area contributed by atoms with Gasteiger partial charge in [0.15, 0.2) is 0 Å². The van der Waals surface area contributed by atoms with Gasteiger partial charge in [0.2, 0.25) is 0 Å². The summed E-state index contributed by atoms with van der Waals surface area (Å²) in [7, 11) is 1.75. The predicted molar refractivity (Wildman–Crippen MR) is 14.6 cm³/mol. The molecule has 0 saturated heterocycles. The quantitative estimate of drug-likeness (QED) is 0.407. The molecule has 26 valence electrons. The summed E-state index contributed by atoms with van der Waals surface area (Å²) in [6.07, 6.45) is 0. The van der Waals surface area contributed by atoms with Crippen LogP contribution in [0.5, 0.6) is 0 Å². The molecule has 0 heterocycles. The Labute approximate surface area is 53.7 Å². The molecule has 4 heavy (non-hydrogen) atoms. The Morgan fingerprint density at radius 3 is 1.25 bits per heavy atom. The van der Waals surface area contributed by atoms with Crippen molar-refractivity contribution in [2.75, 3.05) is 7.05 Å². The van der Waals surface area contributed by atoms with Gasteiger partial charge in [-0.1, -0.05) is 0 Å². The molecule has 0 unspecified atom stereocenters. The van der Waals surface area contributed by atoms with Crippen molar-refractivity contribution >= 4 is 23.9 Å². The van der Waals surface area contributed by atoms with E-state index < -0.39 is 0 Å². The monoisotopic (exact) mass is 231 g/mol. The number of hydrogen-bond donors (Lipinski definition) is 1. The molecule has 0 aliphatic carbocycles. The minimum atomic E-state index is 0. The smallest absolute Gasteiger partial charge is 0.0634 e.